The first kappa shape index (κ1) is 21.2. The van der Waals surface area contributed by atoms with Gasteiger partial charge in [-0.15, -0.1) is 0 Å². The first-order valence-corrected chi connectivity index (χ1v) is 11.5. The van der Waals surface area contributed by atoms with Crippen LogP contribution >= 0.6 is 0 Å². The maximum Gasteiger partial charge on any atom is 0.223 e. The Balaban J connectivity index is 1.57. The highest BCUT2D eigenvalue weighted by molar-refractivity contribution is 7.91. The van der Waals surface area contributed by atoms with E-state index in [1.54, 1.807) is 36.2 Å². The third kappa shape index (κ3) is 5.09. The van der Waals surface area contributed by atoms with Gasteiger partial charge in [0.05, 0.1) is 29.4 Å². The molecule has 0 saturated heterocycles. The van der Waals surface area contributed by atoms with Gasteiger partial charge >= 0.3 is 0 Å². The van der Waals surface area contributed by atoms with Crippen LogP contribution in [0.3, 0.4) is 0 Å². The summed E-state index contributed by atoms with van der Waals surface area (Å²) in [6.07, 6.45) is -0.208. The van der Waals surface area contributed by atoms with Gasteiger partial charge < -0.3 is 14.5 Å². The number of amides is 1. The monoisotopic (exact) mass is 416 g/mol. The van der Waals surface area contributed by atoms with Gasteiger partial charge in [-0.25, -0.2) is 8.42 Å². The molecular formula is C22H28N2O4S. The Morgan fingerprint density at radius 2 is 1.86 bits per heavy atom. The van der Waals surface area contributed by atoms with Crippen LogP contribution in [0.4, 0.5) is 5.69 Å². The van der Waals surface area contributed by atoms with E-state index in [-0.39, 0.29) is 29.1 Å². The number of aryl methyl sites for hydroxylation is 1. The third-order valence-electron chi connectivity index (χ3n) is 5.17. The van der Waals surface area contributed by atoms with Gasteiger partial charge in [-0.3, -0.25) is 4.79 Å². The fourth-order valence-electron chi connectivity index (χ4n) is 3.46. The maximum absolute atomic E-state index is 12.5. The molecule has 0 unspecified atom stereocenters. The molecule has 6 nitrogen and oxygen atoms in total. The Morgan fingerprint density at radius 1 is 1.17 bits per heavy atom. The lowest BCUT2D eigenvalue weighted by atomic mass is 10.2. The van der Waals surface area contributed by atoms with E-state index in [0.717, 1.165) is 23.5 Å². The van der Waals surface area contributed by atoms with Gasteiger partial charge in [-0.1, -0.05) is 29.8 Å². The molecule has 0 saturated carbocycles. The number of ether oxygens (including phenoxy) is 1. The number of carbonyl (C=O) groups excluding carboxylic acids is 1. The molecule has 3 rings (SSSR count). The second kappa shape index (κ2) is 8.86. The molecule has 0 aliphatic carbocycles. The molecule has 1 atom stereocenters. The van der Waals surface area contributed by atoms with Crippen molar-refractivity contribution in [3.05, 3.63) is 54.1 Å². The van der Waals surface area contributed by atoms with Crippen molar-refractivity contribution in [2.45, 2.75) is 31.3 Å². The minimum Gasteiger partial charge on any atom is -0.485 e. The fourth-order valence-corrected chi connectivity index (χ4v) is 4.69. The summed E-state index contributed by atoms with van der Waals surface area (Å²) < 4.78 is 31.0. The van der Waals surface area contributed by atoms with E-state index >= 15 is 0 Å². The van der Waals surface area contributed by atoms with Crippen molar-refractivity contribution in [2.75, 3.05) is 37.3 Å². The molecule has 0 radical (unpaired) electrons. The summed E-state index contributed by atoms with van der Waals surface area (Å²) in [5.41, 5.74) is 2.05. The zero-order valence-corrected chi connectivity index (χ0v) is 18.0. The van der Waals surface area contributed by atoms with Gasteiger partial charge in [0, 0.05) is 20.0 Å². The van der Waals surface area contributed by atoms with Crippen LogP contribution in [-0.4, -0.2) is 57.8 Å². The highest BCUT2D eigenvalue weighted by Gasteiger charge is 2.27. The molecule has 156 valence electrons. The lowest BCUT2D eigenvalue weighted by molar-refractivity contribution is -0.130. The van der Waals surface area contributed by atoms with E-state index in [9.17, 15) is 13.2 Å². The minimum atomic E-state index is -3.48. The molecule has 7 heteroatoms. The molecule has 2 aromatic carbocycles. The van der Waals surface area contributed by atoms with Crippen LogP contribution in [0.2, 0.25) is 0 Å². The first-order chi connectivity index (χ1) is 13.8. The van der Waals surface area contributed by atoms with Gasteiger partial charge in [-0.05, 0) is 38.1 Å². The molecule has 1 aliphatic rings. The molecule has 1 heterocycles. The number of nitrogens with zero attached hydrogens (tertiary/aromatic N) is 2. The van der Waals surface area contributed by atoms with E-state index in [4.69, 9.17) is 4.74 Å². The molecular weight excluding hydrogens is 388 g/mol. The lowest BCUT2D eigenvalue weighted by Gasteiger charge is -2.37. The normalized spacial score (nSPS) is 16.1. The quantitative estimate of drug-likeness (QED) is 0.694. The molecule has 0 aromatic heterocycles. The number of hydrogen-bond donors (Lipinski definition) is 0. The number of sulfone groups is 1. The van der Waals surface area contributed by atoms with Gasteiger partial charge in [0.25, 0.3) is 0 Å². The maximum atomic E-state index is 12.5. The minimum absolute atomic E-state index is 0.0481. The van der Waals surface area contributed by atoms with Gasteiger partial charge in [0.1, 0.15) is 11.9 Å². The highest BCUT2D eigenvalue weighted by Crippen LogP contribution is 2.32. The van der Waals surface area contributed by atoms with E-state index in [0.29, 0.717) is 13.1 Å². The van der Waals surface area contributed by atoms with Gasteiger partial charge in [-0.2, -0.15) is 0 Å². The number of para-hydroxylation sites is 2. The predicted octanol–water partition coefficient (Wildman–Crippen LogP) is 2.90. The van der Waals surface area contributed by atoms with Crippen LogP contribution in [0.25, 0.3) is 0 Å². The fraction of sp³-hybridized carbons (Fsp3) is 0.409. The van der Waals surface area contributed by atoms with Crippen molar-refractivity contribution >= 4 is 21.4 Å². The van der Waals surface area contributed by atoms with Crippen molar-refractivity contribution in [2.24, 2.45) is 0 Å². The Bertz CT molecular complexity index is 957. The van der Waals surface area contributed by atoms with Crippen LogP contribution in [-0.2, 0) is 14.6 Å². The molecule has 1 amide bonds. The number of carbonyl (C=O) groups is 1. The van der Waals surface area contributed by atoms with Crippen LogP contribution < -0.4 is 9.64 Å². The largest absolute Gasteiger partial charge is 0.485 e. The van der Waals surface area contributed by atoms with Crippen LogP contribution in [0.15, 0.2) is 53.4 Å². The summed E-state index contributed by atoms with van der Waals surface area (Å²) in [5.74, 6) is 0.411. The molecule has 0 bridgehead atoms. The summed E-state index contributed by atoms with van der Waals surface area (Å²) in [6.45, 7) is 5.94. The average Bonchev–Trinajstić information content (AvgIpc) is 2.71. The van der Waals surface area contributed by atoms with Crippen molar-refractivity contribution in [3.63, 3.8) is 0 Å². The number of hydrogen-bond acceptors (Lipinski definition) is 5. The number of anilines is 1. The van der Waals surface area contributed by atoms with Crippen molar-refractivity contribution in [3.8, 4) is 5.75 Å². The topological polar surface area (TPSA) is 66.9 Å². The van der Waals surface area contributed by atoms with E-state index in [1.165, 1.54) is 0 Å². The summed E-state index contributed by atoms with van der Waals surface area (Å²) in [5, 5.41) is 0. The van der Waals surface area contributed by atoms with Crippen LogP contribution in [0, 0.1) is 6.92 Å². The van der Waals surface area contributed by atoms with Crippen molar-refractivity contribution < 1.29 is 17.9 Å². The molecule has 0 fully saturated rings. The molecule has 0 spiro atoms. The number of fused-ring (bicyclic) bond motifs is 1. The number of benzene rings is 2. The predicted molar refractivity (Wildman–Crippen MR) is 114 cm³/mol. The third-order valence-corrected chi connectivity index (χ3v) is 6.91. The molecule has 0 N–H and O–H groups in total. The zero-order valence-electron chi connectivity index (χ0n) is 17.2. The Labute approximate surface area is 173 Å². The highest BCUT2D eigenvalue weighted by atomic mass is 32.2. The smallest absolute Gasteiger partial charge is 0.223 e. The zero-order chi connectivity index (χ0) is 21.0. The Morgan fingerprint density at radius 3 is 2.55 bits per heavy atom. The average molecular weight is 417 g/mol. The molecule has 1 aliphatic heterocycles. The summed E-state index contributed by atoms with van der Waals surface area (Å²) in [7, 11) is -1.78. The second-order valence-electron chi connectivity index (χ2n) is 7.40. The standard InChI is InChI=1S/C22H28N2O4S/c1-4-24-16-18(28-21-8-6-5-7-20(21)24)15-23(3)22(25)13-14-29(26,27)19-11-9-17(2)10-12-19/h5-12,18H,4,13-16H2,1-3H3/t18-/m1/s1. The SMILES string of the molecule is CCN1C[C@@H](CN(C)C(=O)CCS(=O)(=O)c2ccc(C)cc2)Oc2ccccc21. The molecule has 29 heavy (non-hydrogen) atoms. The number of rotatable bonds is 7. The van der Waals surface area contributed by atoms with Crippen molar-refractivity contribution in [1.29, 1.82) is 0 Å². The Hall–Kier alpha value is -2.54. The Kier molecular flexibility index (Phi) is 6.47. The summed E-state index contributed by atoms with van der Waals surface area (Å²) in [6, 6.07) is 14.6. The summed E-state index contributed by atoms with van der Waals surface area (Å²) in [4.78, 5) is 16.6. The number of likely N-dealkylation sites (N-methyl/N-ethyl adjacent to an activating group) is 2. The van der Waals surface area contributed by atoms with E-state index in [2.05, 4.69) is 11.8 Å². The van der Waals surface area contributed by atoms with E-state index < -0.39 is 9.84 Å². The van der Waals surface area contributed by atoms with E-state index in [1.807, 2.05) is 31.2 Å². The first-order valence-electron chi connectivity index (χ1n) is 9.84. The van der Waals surface area contributed by atoms with Crippen LogP contribution in [0.1, 0.15) is 18.9 Å². The van der Waals surface area contributed by atoms with Crippen LogP contribution in [0.5, 0.6) is 5.75 Å². The molecule has 2 aromatic rings. The summed E-state index contributed by atoms with van der Waals surface area (Å²) >= 11 is 0. The second-order valence-corrected chi connectivity index (χ2v) is 9.51. The van der Waals surface area contributed by atoms with Gasteiger partial charge in [0.2, 0.25) is 5.91 Å². The van der Waals surface area contributed by atoms with Crippen molar-refractivity contribution in [1.82, 2.24) is 4.90 Å². The lowest BCUT2D eigenvalue weighted by Crippen LogP contribution is -2.47. The van der Waals surface area contributed by atoms with Gasteiger partial charge in [0.15, 0.2) is 9.84 Å².